The number of piperidine rings is 1. The van der Waals surface area contributed by atoms with Gasteiger partial charge in [0.05, 0.1) is 29.5 Å². The molecule has 3 aliphatic rings. The second-order valence-corrected chi connectivity index (χ2v) is 8.67. The van der Waals surface area contributed by atoms with Gasteiger partial charge in [-0.15, -0.1) is 11.3 Å². The largest absolute Gasteiger partial charge is 0.378 e. The molecule has 5 rings (SSSR count). The molecule has 1 amide bonds. The summed E-state index contributed by atoms with van der Waals surface area (Å²) in [5.41, 5.74) is 0.672. The second-order valence-electron chi connectivity index (χ2n) is 7.61. The number of halogens is 1. The predicted molar refractivity (Wildman–Crippen MR) is 114 cm³/mol. The molecule has 0 radical (unpaired) electrons. The van der Waals surface area contributed by atoms with E-state index in [4.69, 9.17) is 14.7 Å². The van der Waals surface area contributed by atoms with Gasteiger partial charge in [-0.2, -0.15) is 4.99 Å². The molecule has 2 N–H and O–H groups in total. The van der Waals surface area contributed by atoms with Gasteiger partial charge >= 0.3 is 0 Å². The molecule has 1 aromatic heterocycles. The van der Waals surface area contributed by atoms with Crippen LogP contribution >= 0.6 is 11.3 Å². The Labute approximate surface area is 177 Å². The van der Waals surface area contributed by atoms with Gasteiger partial charge < -0.3 is 15.0 Å². The summed E-state index contributed by atoms with van der Waals surface area (Å²) in [6, 6.07) is 4.53. The van der Waals surface area contributed by atoms with Crippen molar-refractivity contribution in [3.63, 3.8) is 0 Å². The number of amides is 1. The lowest BCUT2D eigenvalue weighted by Crippen LogP contribution is -2.53. The molecule has 3 aliphatic heterocycles. The number of ether oxygens (including phenoxy) is 1. The molecule has 30 heavy (non-hydrogen) atoms. The molecule has 0 saturated carbocycles. The van der Waals surface area contributed by atoms with E-state index in [2.05, 4.69) is 15.6 Å². The standard InChI is InChI=1S/C20H23FN6O2S/c21-12-3-4-14-15(10-12)30-19(24-14)16-17(23-13-2-1-5-22-11-13)25-20(26-18(16)28)27-6-8-29-9-7-27/h3-4,10,13,16,22H,1-2,5-9,11H2,(H,23,25,26,28)/t13-,16?/m1/s1. The Morgan fingerprint density at radius 2 is 2.17 bits per heavy atom. The van der Waals surface area contributed by atoms with Crippen LogP contribution in [0.3, 0.4) is 0 Å². The lowest BCUT2D eigenvalue weighted by atomic mass is 10.0. The van der Waals surface area contributed by atoms with Gasteiger partial charge in [0, 0.05) is 19.6 Å². The summed E-state index contributed by atoms with van der Waals surface area (Å²) in [5, 5.41) is 6.87. The number of hydrogen-bond donors (Lipinski definition) is 2. The fourth-order valence-corrected chi connectivity index (χ4v) is 5.01. The Morgan fingerprint density at radius 1 is 1.30 bits per heavy atom. The van der Waals surface area contributed by atoms with Crippen molar-refractivity contribution in [1.82, 2.24) is 20.5 Å². The van der Waals surface area contributed by atoms with E-state index in [9.17, 15) is 9.18 Å². The Balaban J connectivity index is 1.53. The first-order chi connectivity index (χ1) is 14.7. The first-order valence-electron chi connectivity index (χ1n) is 10.2. The summed E-state index contributed by atoms with van der Waals surface area (Å²) in [4.78, 5) is 29.4. The van der Waals surface area contributed by atoms with Crippen LogP contribution < -0.4 is 10.6 Å². The highest BCUT2D eigenvalue weighted by molar-refractivity contribution is 7.18. The summed E-state index contributed by atoms with van der Waals surface area (Å²) in [6.07, 6.45) is 2.00. The topological polar surface area (TPSA) is 91.2 Å². The molecular formula is C20H23FN6O2S. The second kappa shape index (κ2) is 8.37. The summed E-state index contributed by atoms with van der Waals surface area (Å²) < 4.78 is 19.8. The van der Waals surface area contributed by atoms with E-state index in [0.29, 0.717) is 53.3 Å². The van der Waals surface area contributed by atoms with E-state index in [1.165, 1.54) is 23.5 Å². The number of nitrogens with one attached hydrogen (secondary N) is 2. The zero-order valence-corrected chi connectivity index (χ0v) is 17.3. The number of thiazole rings is 1. The molecular weight excluding hydrogens is 407 g/mol. The van der Waals surface area contributed by atoms with Gasteiger partial charge in [0.25, 0.3) is 0 Å². The van der Waals surface area contributed by atoms with E-state index in [1.807, 2.05) is 4.90 Å². The molecule has 2 fully saturated rings. The summed E-state index contributed by atoms with van der Waals surface area (Å²) >= 11 is 1.31. The van der Waals surface area contributed by atoms with Crippen LogP contribution in [-0.2, 0) is 9.53 Å². The van der Waals surface area contributed by atoms with Crippen LogP contribution in [0.1, 0.15) is 23.8 Å². The number of nitrogens with zero attached hydrogens (tertiary/aromatic N) is 4. The van der Waals surface area contributed by atoms with Crippen molar-refractivity contribution in [2.45, 2.75) is 24.8 Å². The quantitative estimate of drug-likeness (QED) is 0.753. The van der Waals surface area contributed by atoms with Crippen molar-refractivity contribution in [2.75, 3.05) is 39.4 Å². The molecule has 158 valence electrons. The van der Waals surface area contributed by atoms with Crippen LogP contribution in [0.15, 0.2) is 28.2 Å². The first kappa shape index (κ1) is 19.5. The average molecular weight is 431 g/mol. The Morgan fingerprint density at radius 3 is 2.97 bits per heavy atom. The summed E-state index contributed by atoms with van der Waals surface area (Å²) in [5.74, 6) is -0.214. The van der Waals surface area contributed by atoms with Gasteiger partial charge in [0.2, 0.25) is 11.9 Å². The molecule has 2 atom stereocenters. The SMILES string of the molecule is O=C1NC(N2CCOCC2)=NC(=N[C@@H]2CCCNC2)C1c1nc2ccc(F)cc2s1. The van der Waals surface area contributed by atoms with Crippen LogP contribution in [0.2, 0.25) is 0 Å². The number of hydrogen-bond acceptors (Lipinski definition) is 7. The number of aliphatic imine (C=N–C) groups is 2. The van der Waals surface area contributed by atoms with E-state index in [0.717, 1.165) is 25.9 Å². The smallest absolute Gasteiger partial charge is 0.244 e. The van der Waals surface area contributed by atoms with Crippen LogP contribution in [0.4, 0.5) is 4.39 Å². The number of guanidine groups is 1. The third kappa shape index (κ3) is 3.94. The third-order valence-corrected chi connectivity index (χ3v) is 6.57. The number of fused-ring (bicyclic) bond motifs is 1. The lowest BCUT2D eigenvalue weighted by Gasteiger charge is -2.33. The number of carbonyl (C=O) groups is 1. The number of amidine groups is 1. The maximum absolute atomic E-state index is 13.6. The van der Waals surface area contributed by atoms with Crippen LogP contribution in [0, 0.1) is 5.82 Å². The minimum absolute atomic E-state index is 0.0728. The van der Waals surface area contributed by atoms with E-state index in [1.54, 1.807) is 6.07 Å². The zero-order chi connectivity index (χ0) is 20.5. The number of morpholine rings is 1. The Bertz CT molecular complexity index is 1010. The zero-order valence-electron chi connectivity index (χ0n) is 16.4. The van der Waals surface area contributed by atoms with Crippen LogP contribution in [0.5, 0.6) is 0 Å². The van der Waals surface area contributed by atoms with Crippen molar-refractivity contribution in [3.8, 4) is 0 Å². The van der Waals surface area contributed by atoms with Gasteiger partial charge in [-0.05, 0) is 37.6 Å². The third-order valence-electron chi connectivity index (χ3n) is 5.49. The Kier molecular flexibility index (Phi) is 5.45. The van der Waals surface area contributed by atoms with Crippen molar-refractivity contribution in [3.05, 3.63) is 29.0 Å². The number of benzene rings is 1. The molecule has 2 aromatic rings. The molecule has 0 aliphatic carbocycles. The first-order valence-corrected chi connectivity index (χ1v) is 11.1. The monoisotopic (exact) mass is 430 g/mol. The number of carbonyl (C=O) groups excluding carboxylic acids is 1. The number of aromatic nitrogens is 1. The summed E-state index contributed by atoms with van der Waals surface area (Å²) in [6.45, 7) is 4.29. The predicted octanol–water partition coefficient (Wildman–Crippen LogP) is 1.49. The lowest BCUT2D eigenvalue weighted by molar-refractivity contribution is -0.120. The highest BCUT2D eigenvalue weighted by Crippen LogP contribution is 2.31. The molecule has 0 spiro atoms. The highest BCUT2D eigenvalue weighted by Gasteiger charge is 2.36. The Hall–Kier alpha value is -2.43. The molecule has 1 unspecified atom stereocenters. The minimum atomic E-state index is -0.697. The number of rotatable bonds is 2. The van der Waals surface area contributed by atoms with Gasteiger partial charge in [-0.3, -0.25) is 15.1 Å². The van der Waals surface area contributed by atoms with Crippen LogP contribution in [-0.4, -0.2) is 73.0 Å². The van der Waals surface area contributed by atoms with Crippen LogP contribution in [0.25, 0.3) is 10.2 Å². The van der Waals surface area contributed by atoms with Crippen molar-refractivity contribution in [1.29, 1.82) is 0 Å². The molecule has 8 nitrogen and oxygen atoms in total. The van der Waals surface area contributed by atoms with Gasteiger partial charge in [0.15, 0.2) is 0 Å². The fraction of sp³-hybridized carbons (Fsp3) is 0.500. The maximum atomic E-state index is 13.6. The molecule has 10 heteroatoms. The maximum Gasteiger partial charge on any atom is 0.244 e. The highest BCUT2D eigenvalue weighted by atomic mass is 32.1. The van der Waals surface area contributed by atoms with Crippen molar-refractivity contribution >= 4 is 39.3 Å². The normalized spacial score (nSPS) is 26.7. The van der Waals surface area contributed by atoms with E-state index < -0.39 is 5.92 Å². The van der Waals surface area contributed by atoms with Crippen molar-refractivity contribution < 1.29 is 13.9 Å². The van der Waals surface area contributed by atoms with Gasteiger partial charge in [-0.1, -0.05) is 0 Å². The van der Waals surface area contributed by atoms with Gasteiger partial charge in [0.1, 0.15) is 22.6 Å². The molecule has 4 heterocycles. The van der Waals surface area contributed by atoms with E-state index in [-0.39, 0.29) is 17.8 Å². The average Bonchev–Trinajstić information content (AvgIpc) is 3.17. The minimum Gasteiger partial charge on any atom is -0.378 e. The fourth-order valence-electron chi connectivity index (χ4n) is 3.92. The van der Waals surface area contributed by atoms with E-state index >= 15 is 0 Å². The molecule has 1 aromatic carbocycles. The molecule has 0 bridgehead atoms. The van der Waals surface area contributed by atoms with Gasteiger partial charge in [-0.25, -0.2) is 9.37 Å². The summed E-state index contributed by atoms with van der Waals surface area (Å²) in [7, 11) is 0. The van der Waals surface area contributed by atoms with Crippen molar-refractivity contribution in [2.24, 2.45) is 9.98 Å². The molecule has 2 saturated heterocycles.